The minimum absolute atomic E-state index is 0.0709. The van der Waals surface area contributed by atoms with Crippen molar-refractivity contribution >= 4 is 23.5 Å². The van der Waals surface area contributed by atoms with Crippen LogP contribution in [0, 0.1) is 0 Å². The van der Waals surface area contributed by atoms with Gasteiger partial charge >= 0.3 is 0 Å². The van der Waals surface area contributed by atoms with E-state index in [2.05, 4.69) is 9.97 Å². The van der Waals surface area contributed by atoms with Gasteiger partial charge in [-0.25, -0.2) is 4.98 Å². The molecule has 1 rings (SSSR count). The fraction of sp³-hybridized carbons (Fsp3) is 0.429. The number of H-pyrrole nitrogens is 1. The van der Waals surface area contributed by atoms with E-state index in [0.717, 1.165) is 11.4 Å². The number of hydrogen-bond donors (Lipinski definition) is 1. The Labute approximate surface area is 79.4 Å². The zero-order chi connectivity index (χ0) is 8.97. The van der Waals surface area contributed by atoms with Gasteiger partial charge in [0.2, 0.25) is 0 Å². The summed E-state index contributed by atoms with van der Waals surface area (Å²) < 4.78 is 0. The zero-order valence-corrected chi connectivity index (χ0v) is 8.59. The molecule has 0 saturated carbocycles. The lowest BCUT2D eigenvalue weighted by Gasteiger charge is -1.98. The minimum atomic E-state index is -0.0709. The molecule has 1 aromatic heterocycles. The van der Waals surface area contributed by atoms with Gasteiger partial charge < -0.3 is 4.98 Å². The van der Waals surface area contributed by atoms with Crippen molar-refractivity contribution in [1.82, 2.24) is 9.97 Å². The van der Waals surface area contributed by atoms with Crippen LogP contribution in [0.2, 0.25) is 0 Å². The van der Waals surface area contributed by atoms with Crippen LogP contribution in [0.1, 0.15) is 5.69 Å². The topological polar surface area (TPSA) is 45.8 Å². The molecule has 0 fully saturated rings. The van der Waals surface area contributed by atoms with Crippen LogP contribution in [-0.4, -0.2) is 22.5 Å². The Morgan fingerprint density at radius 3 is 2.92 bits per heavy atom. The first-order chi connectivity index (χ1) is 5.76. The summed E-state index contributed by atoms with van der Waals surface area (Å²) in [5.74, 6) is 0.789. The first kappa shape index (κ1) is 9.67. The Morgan fingerprint density at radius 2 is 2.33 bits per heavy atom. The fourth-order valence-corrected chi connectivity index (χ4v) is 1.66. The third-order valence-corrected chi connectivity index (χ3v) is 2.42. The Balaban J connectivity index is 2.98. The smallest absolute Gasteiger partial charge is 0.251 e. The highest BCUT2D eigenvalue weighted by Gasteiger charge is 1.98. The lowest BCUT2D eigenvalue weighted by Crippen LogP contribution is -2.09. The molecule has 0 saturated heterocycles. The van der Waals surface area contributed by atoms with E-state index in [1.807, 2.05) is 12.5 Å². The molecule has 0 radical (unpaired) electrons. The summed E-state index contributed by atoms with van der Waals surface area (Å²) in [4.78, 5) is 17.9. The number of nitrogens with zero attached hydrogens (tertiary/aromatic N) is 1. The van der Waals surface area contributed by atoms with Gasteiger partial charge in [0, 0.05) is 11.8 Å². The second-order valence-electron chi connectivity index (χ2n) is 2.18. The zero-order valence-electron chi connectivity index (χ0n) is 6.96. The van der Waals surface area contributed by atoms with E-state index in [1.165, 1.54) is 17.8 Å². The van der Waals surface area contributed by atoms with Crippen LogP contribution in [-0.2, 0) is 5.75 Å². The fourth-order valence-electron chi connectivity index (χ4n) is 0.802. The van der Waals surface area contributed by atoms with Crippen molar-refractivity contribution < 1.29 is 0 Å². The lowest BCUT2D eigenvalue weighted by molar-refractivity contribution is 0.902. The highest BCUT2D eigenvalue weighted by molar-refractivity contribution is 7.98. The molecule has 0 aliphatic heterocycles. The molecule has 0 spiro atoms. The molecule has 1 aromatic rings. The summed E-state index contributed by atoms with van der Waals surface area (Å²) in [5.41, 5.74) is 0.772. The normalized spacial score (nSPS) is 10.2. The average molecular weight is 202 g/mol. The number of thioether (sulfide) groups is 2. The van der Waals surface area contributed by atoms with E-state index < -0.39 is 0 Å². The molecule has 0 amide bonds. The summed E-state index contributed by atoms with van der Waals surface area (Å²) in [5, 5.41) is 0.687. The van der Waals surface area contributed by atoms with E-state index in [0.29, 0.717) is 5.16 Å². The first-order valence-corrected chi connectivity index (χ1v) is 6.01. The highest BCUT2D eigenvalue weighted by Crippen LogP contribution is 2.09. The molecule has 0 aliphatic rings. The van der Waals surface area contributed by atoms with Crippen LogP contribution >= 0.6 is 23.5 Å². The number of hydrogen-bond acceptors (Lipinski definition) is 4. The van der Waals surface area contributed by atoms with Crippen LogP contribution in [0.15, 0.2) is 16.0 Å². The van der Waals surface area contributed by atoms with Crippen molar-refractivity contribution in [2.75, 3.05) is 12.5 Å². The van der Waals surface area contributed by atoms with Gasteiger partial charge in [-0.2, -0.15) is 11.8 Å². The van der Waals surface area contributed by atoms with Gasteiger partial charge in [-0.05, 0) is 12.5 Å². The molecule has 1 N–H and O–H groups in total. The van der Waals surface area contributed by atoms with Crippen molar-refractivity contribution in [3.05, 3.63) is 22.1 Å². The number of aromatic amines is 1. The second kappa shape index (κ2) is 4.57. The second-order valence-corrected chi connectivity index (χ2v) is 3.84. The number of nitrogens with one attached hydrogen (secondary N) is 1. The molecule has 0 bridgehead atoms. The van der Waals surface area contributed by atoms with E-state index in [4.69, 9.17) is 0 Å². The average Bonchev–Trinajstić information content (AvgIpc) is 2.04. The van der Waals surface area contributed by atoms with E-state index in [9.17, 15) is 4.79 Å². The molecule has 3 nitrogen and oxygen atoms in total. The SMILES string of the molecule is CSCc1cc(=O)[nH]c(SC)n1. The van der Waals surface area contributed by atoms with Gasteiger partial charge in [0.25, 0.3) is 5.56 Å². The van der Waals surface area contributed by atoms with Crippen LogP contribution in [0.5, 0.6) is 0 Å². The first-order valence-electron chi connectivity index (χ1n) is 3.39. The van der Waals surface area contributed by atoms with E-state index in [-0.39, 0.29) is 5.56 Å². The number of aromatic nitrogens is 2. The van der Waals surface area contributed by atoms with Gasteiger partial charge in [0.15, 0.2) is 5.16 Å². The minimum Gasteiger partial charge on any atom is -0.301 e. The Hall–Kier alpha value is -0.420. The van der Waals surface area contributed by atoms with Crippen molar-refractivity contribution in [2.24, 2.45) is 0 Å². The maximum atomic E-state index is 11.0. The molecule has 0 unspecified atom stereocenters. The molecule has 5 heteroatoms. The van der Waals surface area contributed by atoms with Gasteiger partial charge in [-0.3, -0.25) is 4.79 Å². The summed E-state index contributed by atoms with van der Waals surface area (Å²) in [6.07, 6.45) is 3.88. The van der Waals surface area contributed by atoms with Gasteiger partial charge in [-0.15, -0.1) is 0 Å². The van der Waals surface area contributed by atoms with Gasteiger partial charge in [-0.1, -0.05) is 11.8 Å². The molecule has 66 valence electrons. The number of rotatable bonds is 3. The Bertz CT molecular complexity index is 311. The van der Waals surface area contributed by atoms with Crippen LogP contribution < -0.4 is 5.56 Å². The van der Waals surface area contributed by atoms with Crippen molar-refractivity contribution in [1.29, 1.82) is 0 Å². The summed E-state index contributed by atoms with van der Waals surface area (Å²) in [6.45, 7) is 0. The summed E-state index contributed by atoms with van der Waals surface area (Å²) in [6, 6.07) is 1.54. The molecule has 12 heavy (non-hydrogen) atoms. The van der Waals surface area contributed by atoms with Gasteiger partial charge in [0.05, 0.1) is 5.69 Å². The molecular formula is C7H10N2OS2. The summed E-state index contributed by atoms with van der Waals surface area (Å²) >= 11 is 3.11. The molecule has 0 aliphatic carbocycles. The predicted molar refractivity (Wildman–Crippen MR) is 53.9 cm³/mol. The Kier molecular flexibility index (Phi) is 3.68. The standard InChI is InChI=1S/C7H10N2OS2/c1-11-4-5-3-6(10)9-7(8-5)12-2/h3H,4H2,1-2H3,(H,8,9,10). The van der Waals surface area contributed by atoms with Crippen molar-refractivity contribution in [2.45, 2.75) is 10.9 Å². The highest BCUT2D eigenvalue weighted by atomic mass is 32.2. The third-order valence-electron chi connectivity index (χ3n) is 1.26. The summed E-state index contributed by atoms with van der Waals surface area (Å²) in [7, 11) is 0. The quantitative estimate of drug-likeness (QED) is 0.594. The van der Waals surface area contributed by atoms with Crippen molar-refractivity contribution in [3.8, 4) is 0 Å². The Morgan fingerprint density at radius 1 is 1.58 bits per heavy atom. The molecular weight excluding hydrogens is 192 g/mol. The largest absolute Gasteiger partial charge is 0.301 e. The molecule has 0 aromatic carbocycles. The van der Waals surface area contributed by atoms with Crippen LogP contribution in [0.4, 0.5) is 0 Å². The molecule has 0 atom stereocenters. The third kappa shape index (κ3) is 2.57. The maximum absolute atomic E-state index is 11.0. The monoisotopic (exact) mass is 202 g/mol. The predicted octanol–water partition coefficient (Wildman–Crippen LogP) is 1.35. The maximum Gasteiger partial charge on any atom is 0.251 e. The lowest BCUT2D eigenvalue weighted by atomic mass is 10.5. The van der Waals surface area contributed by atoms with E-state index in [1.54, 1.807) is 11.8 Å². The van der Waals surface area contributed by atoms with Crippen molar-refractivity contribution in [3.63, 3.8) is 0 Å². The molecule has 1 heterocycles. The van der Waals surface area contributed by atoms with Crippen LogP contribution in [0.3, 0.4) is 0 Å². The van der Waals surface area contributed by atoms with Gasteiger partial charge in [0.1, 0.15) is 0 Å². The van der Waals surface area contributed by atoms with E-state index >= 15 is 0 Å². The van der Waals surface area contributed by atoms with Crippen LogP contribution in [0.25, 0.3) is 0 Å².